The standard InChI is InChI=1S/C19H13ClN4O4/c20-15-11(10-4-2-1-3-5-10)6-7-12-14(15)18-22-9-23-24(18)16(17(12)27)19(28)21-8-13(25)26/h1-7,9,27H,8H2,(H,21,28)(H,25,26). The van der Waals surface area contributed by atoms with Crippen LogP contribution in [0.15, 0.2) is 48.8 Å². The van der Waals surface area contributed by atoms with Gasteiger partial charge in [0.2, 0.25) is 0 Å². The molecular formula is C19H13ClN4O4. The van der Waals surface area contributed by atoms with E-state index in [4.69, 9.17) is 16.7 Å². The zero-order chi connectivity index (χ0) is 19.8. The van der Waals surface area contributed by atoms with Crippen LogP contribution in [-0.2, 0) is 4.79 Å². The van der Waals surface area contributed by atoms with Crippen LogP contribution in [0, 0.1) is 0 Å². The minimum Gasteiger partial charge on any atom is -0.505 e. The molecule has 9 heteroatoms. The van der Waals surface area contributed by atoms with Gasteiger partial charge in [0, 0.05) is 16.3 Å². The molecule has 0 aliphatic carbocycles. The predicted molar refractivity (Wildman–Crippen MR) is 103 cm³/mol. The summed E-state index contributed by atoms with van der Waals surface area (Å²) in [5.41, 5.74) is 1.68. The first-order valence-electron chi connectivity index (χ1n) is 8.21. The number of carboxylic acids is 1. The number of nitrogens with one attached hydrogen (secondary N) is 1. The van der Waals surface area contributed by atoms with Crippen LogP contribution in [0.5, 0.6) is 5.75 Å². The van der Waals surface area contributed by atoms with Crippen LogP contribution in [0.3, 0.4) is 0 Å². The Morgan fingerprint density at radius 2 is 1.89 bits per heavy atom. The van der Waals surface area contributed by atoms with E-state index in [2.05, 4.69) is 15.4 Å². The molecule has 0 saturated heterocycles. The highest BCUT2D eigenvalue weighted by Gasteiger charge is 2.24. The van der Waals surface area contributed by atoms with Crippen molar-refractivity contribution in [2.45, 2.75) is 0 Å². The van der Waals surface area contributed by atoms with Gasteiger partial charge in [-0.2, -0.15) is 5.10 Å². The Labute approximate surface area is 163 Å². The number of hydrogen-bond acceptors (Lipinski definition) is 5. The summed E-state index contributed by atoms with van der Waals surface area (Å²) in [4.78, 5) is 27.4. The molecule has 4 rings (SSSR count). The van der Waals surface area contributed by atoms with Crippen molar-refractivity contribution in [2.75, 3.05) is 6.54 Å². The molecular weight excluding hydrogens is 384 g/mol. The molecule has 0 saturated carbocycles. The van der Waals surface area contributed by atoms with E-state index < -0.39 is 18.4 Å². The first-order chi connectivity index (χ1) is 13.5. The first-order valence-corrected chi connectivity index (χ1v) is 8.59. The molecule has 28 heavy (non-hydrogen) atoms. The molecule has 8 nitrogen and oxygen atoms in total. The van der Waals surface area contributed by atoms with Gasteiger partial charge in [-0.15, -0.1) is 0 Å². The molecule has 2 aromatic heterocycles. The number of carbonyl (C=O) groups excluding carboxylic acids is 1. The number of aromatic hydroxyl groups is 1. The number of aromatic nitrogens is 3. The first kappa shape index (κ1) is 17.7. The third-order valence-corrected chi connectivity index (χ3v) is 4.70. The highest BCUT2D eigenvalue weighted by atomic mass is 35.5. The number of nitrogens with zero attached hydrogens (tertiary/aromatic N) is 3. The lowest BCUT2D eigenvalue weighted by Crippen LogP contribution is -2.31. The Morgan fingerprint density at radius 1 is 1.14 bits per heavy atom. The van der Waals surface area contributed by atoms with E-state index in [1.807, 2.05) is 30.3 Å². The van der Waals surface area contributed by atoms with Gasteiger partial charge in [0.25, 0.3) is 5.91 Å². The monoisotopic (exact) mass is 396 g/mol. The smallest absolute Gasteiger partial charge is 0.322 e. The van der Waals surface area contributed by atoms with E-state index in [1.165, 1.54) is 6.33 Å². The third-order valence-electron chi connectivity index (χ3n) is 4.30. The van der Waals surface area contributed by atoms with Gasteiger partial charge in [0.05, 0.1) is 5.02 Å². The number of rotatable bonds is 4. The summed E-state index contributed by atoms with van der Waals surface area (Å²) in [6, 6.07) is 12.9. The van der Waals surface area contributed by atoms with Crippen LogP contribution in [-0.4, -0.2) is 43.2 Å². The second kappa shape index (κ2) is 6.82. The maximum absolute atomic E-state index is 12.4. The molecule has 0 fully saturated rings. The number of aliphatic carboxylic acids is 1. The second-order valence-electron chi connectivity index (χ2n) is 5.98. The summed E-state index contributed by atoms with van der Waals surface area (Å²) in [5.74, 6) is -2.36. The fourth-order valence-electron chi connectivity index (χ4n) is 3.08. The van der Waals surface area contributed by atoms with Gasteiger partial charge in [0.15, 0.2) is 17.1 Å². The Kier molecular flexibility index (Phi) is 4.32. The number of hydrogen-bond donors (Lipinski definition) is 3. The lowest BCUT2D eigenvalue weighted by Gasteiger charge is -2.13. The average molecular weight is 397 g/mol. The number of halogens is 1. The maximum atomic E-state index is 12.4. The van der Waals surface area contributed by atoms with Crippen LogP contribution in [0.4, 0.5) is 0 Å². The average Bonchev–Trinajstić information content (AvgIpc) is 3.16. The van der Waals surface area contributed by atoms with Crippen molar-refractivity contribution in [3.63, 3.8) is 0 Å². The van der Waals surface area contributed by atoms with Gasteiger partial charge in [-0.3, -0.25) is 9.59 Å². The lowest BCUT2D eigenvalue weighted by molar-refractivity contribution is -0.135. The molecule has 0 radical (unpaired) electrons. The lowest BCUT2D eigenvalue weighted by atomic mass is 10.0. The van der Waals surface area contributed by atoms with Crippen LogP contribution in [0.25, 0.3) is 27.5 Å². The number of carboxylic acid groups (broad SMARTS) is 1. The third kappa shape index (κ3) is 2.80. The molecule has 0 aliphatic heterocycles. The van der Waals surface area contributed by atoms with Gasteiger partial charge in [0.1, 0.15) is 12.9 Å². The quantitative estimate of drug-likeness (QED) is 0.488. The molecule has 0 unspecified atom stereocenters. The Bertz CT molecular complexity index is 1240. The molecule has 0 bridgehead atoms. The summed E-state index contributed by atoms with van der Waals surface area (Å²) >= 11 is 6.65. The summed E-state index contributed by atoms with van der Waals surface area (Å²) in [6.45, 7) is -0.597. The van der Waals surface area contributed by atoms with Crippen LogP contribution in [0.2, 0.25) is 5.02 Å². The molecule has 3 N–H and O–H groups in total. The van der Waals surface area contributed by atoms with Gasteiger partial charge >= 0.3 is 5.97 Å². The number of amides is 1. The van der Waals surface area contributed by atoms with Gasteiger partial charge in [-0.05, 0) is 11.6 Å². The minimum atomic E-state index is -1.21. The molecule has 1 amide bonds. The maximum Gasteiger partial charge on any atom is 0.322 e. The van der Waals surface area contributed by atoms with Crippen LogP contribution in [0.1, 0.15) is 10.5 Å². The van der Waals surface area contributed by atoms with Crippen molar-refractivity contribution >= 4 is 39.9 Å². The molecule has 2 aromatic carbocycles. The fourth-order valence-corrected chi connectivity index (χ4v) is 3.44. The van der Waals surface area contributed by atoms with Crippen molar-refractivity contribution in [3.8, 4) is 16.9 Å². The SMILES string of the molecule is O=C(O)CNC(=O)c1c(O)c2ccc(-c3ccccc3)c(Cl)c2c2ncnn12. The van der Waals surface area contributed by atoms with E-state index in [0.29, 0.717) is 15.8 Å². The Balaban J connectivity index is 1.98. The van der Waals surface area contributed by atoms with E-state index >= 15 is 0 Å². The van der Waals surface area contributed by atoms with E-state index in [-0.39, 0.29) is 17.1 Å². The van der Waals surface area contributed by atoms with Crippen LogP contribution >= 0.6 is 11.6 Å². The number of fused-ring (bicyclic) bond motifs is 3. The largest absolute Gasteiger partial charge is 0.505 e. The molecule has 2 heterocycles. The van der Waals surface area contributed by atoms with E-state index in [1.54, 1.807) is 12.1 Å². The van der Waals surface area contributed by atoms with Crippen molar-refractivity contribution in [1.82, 2.24) is 19.9 Å². The minimum absolute atomic E-state index is 0.218. The molecule has 140 valence electrons. The molecule has 0 aliphatic rings. The summed E-state index contributed by atoms with van der Waals surface area (Å²) in [6.07, 6.45) is 1.23. The zero-order valence-electron chi connectivity index (χ0n) is 14.3. The Morgan fingerprint density at radius 3 is 2.61 bits per heavy atom. The normalized spacial score (nSPS) is 11.0. The fraction of sp³-hybridized carbons (Fsp3) is 0.0526. The second-order valence-corrected chi connectivity index (χ2v) is 6.36. The summed E-state index contributed by atoms with van der Waals surface area (Å²) in [7, 11) is 0. The van der Waals surface area contributed by atoms with Gasteiger partial charge in [-0.25, -0.2) is 9.50 Å². The van der Waals surface area contributed by atoms with Crippen molar-refractivity contribution in [2.24, 2.45) is 0 Å². The van der Waals surface area contributed by atoms with Crippen molar-refractivity contribution in [1.29, 1.82) is 0 Å². The van der Waals surface area contributed by atoms with Crippen LogP contribution < -0.4 is 5.32 Å². The van der Waals surface area contributed by atoms with Crippen molar-refractivity contribution in [3.05, 3.63) is 59.5 Å². The summed E-state index contributed by atoms with van der Waals surface area (Å²) < 4.78 is 1.15. The van der Waals surface area contributed by atoms with Gasteiger partial charge < -0.3 is 15.5 Å². The summed E-state index contributed by atoms with van der Waals surface area (Å²) in [5, 5.41) is 26.8. The number of benzene rings is 2. The van der Waals surface area contributed by atoms with E-state index in [0.717, 1.165) is 15.6 Å². The number of carbonyl (C=O) groups is 2. The van der Waals surface area contributed by atoms with Crippen molar-refractivity contribution < 1.29 is 19.8 Å². The highest BCUT2D eigenvalue weighted by Crippen LogP contribution is 2.40. The van der Waals surface area contributed by atoms with E-state index in [9.17, 15) is 14.7 Å². The highest BCUT2D eigenvalue weighted by molar-refractivity contribution is 6.40. The Hall–Kier alpha value is -3.65. The van der Waals surface area contributed by atoms with Gasteiger partial charge in [-0.1, -0.05) is 48.0 Å². The topological polar surface area (TPSA) is 117 Å². The molecule has 0 spiro atoms. The molecule has 4 aromatic rings. The zero-order valence-corrected chi connectivity index (χ0v) is 15.0. The number of pyridine rings is 1. The predicted octanol–water partition coefficient (Wildman–Crippen LogP) is 2.72. The molecule has 0 atom stereocenters.